The molecule has 2 aromatic rings. The van der Waals surface area contributed by atoms with Crippen LogP contribution in [0.15, 0.2) is 59.7 Å². The van der Waals surface area contributed by atoms with E-state index in [1.54, 1.807) is 48.6 Å². The Kier molecular flexibility index (Phi) is 6.39. The molecule has 144 valence electrons. The zero-order chi connectivity index (χ0) is 20.1. The van der Waals surface area contributed by atoms with Crippen molar-refractivity contribution in [1.82, 2.24) is 0 Å². The second-order valence-corrected chi connectivity index (χ2v) is 6.52. The van der Waals surface area contributed by atoms with Gasteiger partial charge in [0, 0.05) is 5.56 Å². The van der Waals surface area contributed by atoms with Crippen molar-refractivity contribution >= 4 is 41.1 Å². The van der Waals surface area contributed by atoms with E-state index < -0.39 is 5.97 Å². The molecule has 1 aliphatic rings. The van der Waals surface area contributed by atoms with E-state index in [4.69, 9.17) is 37.4 Å². The first-order valence-corrected chi connectivity index (χ1v) is 9.26. The van der Waals surface area contributed by atoms with E-state index in [-0.39, 0.29) is 11.6 Å². The van der Waals surface area contributed by atoms with Crippen molar-refractivity contribution in [3.63, 3.8) is 0 Å². The summed E-state index contributed by atoms with van der Waals surface area (Å²) in [6.07, 6.45) is 3.27. The van der Waals surface area contributed by atoms with Crippen LogP contribution in [0.5, 0.6) is 11.5 Å². The highest BCUT2D eigenvalue weighted by Crippen LogP contribution is 2.30. The SMILES string of the molecule is C=CCOc1ccc(/C=C2\N=C(c3ccc(Cl)c(Cl)c3)OC2=O)cc1OCC. The molecule has 5 nitrogen and oxygen atoms in total. The van der Waals surface area contributed by atoms with E-state index in [9.17, 15) is 4.79 Å². The fraction of sp³-hybridized carbons (Fsp3) is 0.143. The number of aliphatic imine (C=N–C) groups is 1. The van der Waals surface area contributed by atoms with Crippen LogP contribution in [0.2, 0.25) is 10.0 Å². The first-order chi connectivity index (χ1) is 13.5. The third-order valence-electron chi connectivity index (χ3n) is 3.71. The number of esters is 1. The van der Waals surface area contributed by atoms with Crippen LogP contribution >= 0.6 is 23.2 Å². The first kappa shape index (κ1) is 20.0. The number of cyclic esters (lactones) is 1. The monoisotopic (exact) mass is 417 g/mol. The lowest BCUT2D eigenvalue weighted by atomic mass is 10.1. The Morgan fingerprint density at radius 2 is 1.93 bits per heavy atom. The topological polar surface area (TPSA) is 57.1 Å². The molecule has 28 heavy (non-hydrogen) atoms. The molecule has 3 rings (SSSR count). The molecule has 0 unspecified atom stereocenters. The van der Waals surface area contributed by atoms with Gasteiger partial charge < -0.3 is 14.2 Å². The second-order valence-electron chi connectivity index (χ2n) is 5.70. The molecule has 0 saturated heterocycles. The summed E-state index contributed by atoms with van der Waals surface area (Å²) < 4.78 is 16.4. The normalized spacial score (nSPS) is 14.6. The number of nitrogens with zero attached hydrogens (tertiary/aromatic N) is 1. The lowest BCUT2D eigenvalue weighted by molar-refractivity contribution is -0.129. The Hall–Kier alpha value is -2.76. The highest BCUT2D eigenvalue weighted by Gasteiger charge is 2.24. The maximum atomic E-state index is 12.2. The van der Waals surface area contributed by atoms with Crippen molar-refractivity contribution in [2.24, 2.45) is 4.99 Å². The Morgan fingerprint density at radius 3 is 2.64 bits per heavy atom. The largest absolute Gasteiger partial charge is 0.490 e. The molecule has 1 heterocycles. The van der Waals surface area contributed by atoms with Gasteiger partial charge in [-0.05, 0) is 48.9 Å². The summed E-state index contributed by atoms with van der Waals surface area (Å²) >= 11 is 11.9. The minimum atomic E-state index is -0.550. The van der Waals surface area contributed by atoms with Crippen molar-refractivity contribution in [3.05, 3.63) is 75.9 Å². The molecule has 0 atom stereocenters. The maximum Gasteiger partial charge on any atom is 0.363 e. The van der Waals surface area contributed by atoms with E-state index in [0.29, 0.717) is 40.3 Å². The maximum absolute atomic E-state index is 12.2. The summed E-state index contributed by atoms with van der Waals surface area (Å²) in [6.45, 7) is 6.35. The number of hydrogen-bond acceptors (Lipinski definition) is 5. The van der Waals surface area contributed by atoms with Gasteiger partial charge in [0.05, 0.1) is 16.7 Å². The van der Waals surface area contributed by atoms with E-state index >= 15 is 0 Å². The van der Waals surface area contributed by atoms with Crippen LogP contribution in [0, 0.1) is 0 Å². The Balaban J connectivity index is 1.90. The average molecular weight is 418 g/mol. The average Bonchev–Trinajstić information content (AvgIpc) is 3.04. The summed E-state index contributed by atoms with van der Waals surface area (Å²) in [5.41, 5.74) is 1.46. The molecule has 0 aliphatic carbocycles. The van der Waals surface area contributed by atoms with Crippen LogP contribution in [-0.2, 0) is 9.53 Å². The molecule has 0 saturated carbocycles. The zero-order valence-electron chi connectivity index (χ0n) is 15.1. The smallest absolute Gasteiger partial charge is 0.363 e. The van der Waals surface area contributed by atoms with Gasteiger partial charge in [0.15, 0.2) is 17.2 Å². The summed E-state index contributed by atoms with van der Waals surface area (Å²) in [7, 11) is 0. The zero-order valence-corrected chi connectivity index (χ0v) is 16.6. The third-order valence-corrected chi connectivity index (χ3v) is 4.45. The molecule has 0 spiro atoms. The van der Waals surface area contributed by atoms with Gasteiger partial charge in [0.1, 0.15) is 6.61 Å². The van der Waals surface area contributed by atoms with Crippen molar-refractivity contribution in [2.75, 3.05) is 13.2 Å². The first-order valence-electron chi connectivity index (χ1n) is 8.50. The molecule has 2 aromatic carbocycles. The molecule has 1 aliphatic heterocycles. The van der Waals surface area contributed by atoms with E-state index in [1.807, 2.05) is 6.92 Å². The molecular weight excluding hydrogens is 401 g/mol. The predicted octanol–water partition coefficient (Wildman–Crippen LogP) is 5.30. The third kappa shape index (κ3) is 4.55. The predicted molar refractivity (Wildman–Crippen MR) is 110 cm³/mol. The summed E-state index contributed by atoms with van der Waals surface area (Å²) in [5, 5.41) is 0.764. The van der Waals surface area contributed by atoms with Gasteiger partial charge in [-0.1, -0.05) is 41.9 Å². The Bertz CT molecular complexity index is 982. The van der Waals surface area contributed by atoms with Crippen LogP contribution in [0.4, 0.5) is 0 Å². The number of rotatable bonds is 7. The second kappa shape index (κ2) is 8.95. The van der Waals surface area contributed by atoms with Crippen molar-refractivity contribution in [2.45, 2.75) is 6.92 Å². The van der Waals surface area contributed by atoms with Crippen molar-refractivity contribution in [1.29, 1.82) is 0 Å². The Labute approximate surface area is 172 Å². The lowest BCUT2D eigenvalue weighted by Crippen LogP contribution is -2.05. The molecule has 7 heteroatoms. The van der Waals surface area contributed by atoms with E-state index in [0.717, 1.165) is 5.56 Å². The summed E-state index contributed by atoms with van der Waals surface area (Å²) in [4.78, 5) is 16.5. The van der Waals surface area contributed by atoms with Gasteiger partial charge in [-0.15, -0.1) is 0 Å². The van der Waals surface area contributed by atoms with Crippen LogP contribution in [-0.4, -0.2) is 25.1 Å². The fourth-order valence-electron chi connectivity index (χ4n) is 2.47. The van der Waals surface area contributed by atoms with Crippen LogP contribution in [0.25, 0.3) is 6.08 Å². The summed E-state index contributed by atoms with van der Waals surface area (Å²) in [6, 6.07) is 10.2. The van der Waals surface area contributed by atoms with Crippen molar-refractivity contribution < 1.29 is 19.0 Å². The number of halogens is 2. The quantitative estimate of drug-likeness (QED) is 0.348. The minimum Gasteiger partial charge on any atom is -0.490 e. The minimum absolute atomic E-state index is 0.170. The van der Waals surface area contributed by atoms with Gasteiger partial charge in [-0.3, -0.25) is 0 Å². The molecule has 0 fully saturated rings. The summed E-state index contributed by atoms with van der Waals surface area (Å²) in [5.74, 6) is 0.786. The number of hydrogen-bond donors (Lipinski definition) is 0. The van der Waals surface area contributed by atoms with Gasteiger partial charge in [-0.25, -0.2) is 9.79 Å². The van der Waals surface area contributed by atoms with Gasteiger partial charge >= 0.3 is 5.97 Å². The highest BCUT2D eigenvalue weighted by atomic mass is 35.5. The molecule has 0 amide bonds. The fourth-order valence-corrected chi connectivity index (χ4v) is 2.77. The standard InChI is InChI=1S/C21H17Cl2NO4/c1-3-9-27-18-8-5-13(11-19(18)26-4-2)10-17-21(25)28-20(24-17)14-6-7-15(22)16(23)12-14/h3,5-8,10-12H,1,4,9H2,2H3/b17-10-. The van der Waals surface area contributed by atoms with Crippen LogP contribution < -0.4 is 9.47 Å². The van der Waals surface area contributed by atoms with Gasteiger partial charge in [0.25, 0.3) is 0 Å². The highest BCUT2D eigenvalue weighted by molar-refractivity contribution is 6.42. The van der Waals surface area contributed by atoms with Crippen LogP contribution in [0.3, 0.4) is 0 Å². The van der Waals surface area contributed by atoms with Crippen molar-refractivity contribution in [3.8, 4) is 11.5 Å². The lowest BCUT2D eigenvalue weighted by Gasteiger charge is -2.11. The number of benzene rings is 2. The van der Waals surface area contributed by atoms with Gasteiger partial charge in [-0.2, -0.15) is 0 Å². The molecule has 0 radical (unpaired) electrons. The molecule has 0 N–H and O–H groups in total. The van der Waals surface area contributed by atoms with Gasteiger partial charge in [0.2, 0.25) is 5.90 Å². The number of ether oxygens (including phenoxy) is 3. The molecular formula is C21H17Cl2NO4. The molecule has 0 aromatic heterocycles. The number of carbonyl (C=O) groups is 1. The van der Waals surface area contributed by atoms with E-state index in [2.05, 4.69) is 11.6 Å². The number of carbonyl (C=O) groups excluding carboxylic acids is 1. The Morgan fingerprint density at radius 1 is 1.11 bits per heavy atom. The molecule has 0 bridgehead atoms. The van der Waals surface area contributed by atoms with Crippen LogP contribution in [0.1, 0.15) is 18.1 Å². The van der Waals surface area contributed by atoms with E-state index in [1.165, 1.54) is 0 Å².